The number of hydrogen-bond donors (Lipinski definition) is 1. The number of nitrogens with zero attached hydrogens (tertiary/aromatic N) is 1. The molecule has 3 aromatic carbocycles. The number of Topliss-reactive ketones (excluding diaryl/α,β-unsaturated/α-hetero) is 1. The number of anilines is 1. The molecule has 0 heterocycles. The highest BCUT2D eigenvalue weighted by molar-refractivity contribution is 6.30. The van der Waals surface area contributed by atoms with Gasteiger partial charge in [0.05, 0.1) is 4.92 Å². The van der Waals surface area contributed by atoms with Crippen LogP contribution in [0.3, 0.4) is 0 Å². The van der Waals surface area contributed by atoms with Crippen molar-refractivity contribution in [1.82, 2.24) is 0 Å². The Hall–Kier alpha value is -3.42. The zero-order valence-corrected chi connectivity index (χ0v) is 18.2. The molecule has 0 radical (unpaired) electrons. The summed E-state index contributed by atoms with van der Waals surface area (Å²) in [4.78, 5) is 35.5. The molecular formula is C23H18Cl2N2O5. The van der Waals surface area contributed by atoms with Crippen molar-refractivity contribution in [2.75, 3.05) is 11.2 Å². The zero-order valence-electron chi connectivity index (χ0n) is 16.7. The van der Waals surface area contributed by atoms with E-state index in [4.69, 9.17) is 27.9 Å². The first kappa shape index (κ1) is 23.2. The Morgan fingerprint density at radius 1 is 1.00 bits per heavy atom. The van der Waals surface area contributed by atoms with Gasteiger partial charge in [-0.3, -0.25) is 19.7 Å². The average molecular weight is 473 g/mol. The van der Waals surface area contributed by atoms with Gasteiger partial charge in [-0.2, -0.15) is 0 Å². The molecule has 0 aromatic heterocycles. The Morgan fingerprint density at radius 3 is 2.31 bits per heavy atom. The molecule has 0 bridgehead atoms. The van der Waals surface area contributed by atoms with E-state index in [1.165, 1.54) is 24.3 Å². The van der Waals surface area contributed by atoms with Crippen molar-refractivity contribution in [2.24, 2.45) is 0 Å². The van der Waals surface area contributed by atoms with Gasteiger partial charge >= 0.3 is 0 Å². The minimum atomic E-state index is -0.779. The third-order valence-electron chi connectivity index (χ3n) is 4.50. The number of nitrogens with one attached hydrogen (secondary N) is 1. The number of alkyl halides is 1. The molecule has 1 unspecified atom stereocenters. The van der Waals surface area contributed by atoms with Crippen LogP contribution in [0.2, 0.25) is 5.02 Å². The summed E-state index contributed by atoms with van der Waals surface area (Å²) in [5.41, 5.74) is 0.921. The van der Waals surface area contributed by atoms with Gasteiger partial charge in [0, 0.05) is 46.3 Å². The van der Waals surface area contributed by atoms with Gasteiger partial charge in [-0.25, -0.2) is 0 Å². The number of benzene rings is 3. The topological polar surface area (TPSA) is 98.5 Å². The molecule has 0 fully saturated rings. The van der Waals surface area contributed by atoms with E-state index in [0.29, 0.717) is 28.4 Å². The van der Waals surface area contributed by atoms with Crippen LogP contribution in [-0.4, -0.2) is 28.6 Å². The first-order valence-corrected chi connectivity index (χ1v) is 10.5. The van der Waals surface area contributed by atoms with E-state index >= 15 is 0 Å². The molecule has 9 heteroatoms. The number of ketones is 1. The molecule has 0 aliphatic heterocycles. The predicted molar refractivity (Wildman–Crippen MR) is 123 cm³/mol. The van der Waals surface area contributed by atoms with Gasteiger partial charge in [-0.1, -0.05) is 17.7 Å². The lowest BCUT2D eigenvalue weighted by Gasteiger charge is -2.17. The lowest BCUT2D eigenvalue weighted by Crippen LogP contribution is -2.28. The standard InChI is InChI=1S/C23H18Cl2N2O5/c24-13-12-21(22(28)15-4-6-17(25)7-5-15)32-20-10-8-18(9-11-20)26-23(29)16-2-1-3-19(14-16)27(30)31/h1-11,14,21H,12-13H2,(H,26,29). The normalized spacial score (nSPS) is 11.4. The number of ether oxygens (including phenoxy) is 1. The van der Waals surface area contributed by atoms with E-state index in [1.54, 1.807) is 48.5 Å². The molecule has 1 amide bonds. The van der Waals surface area contributed by atoms with E-state index in [1.807, 2.05) is 0 Å². The Bertz CT molecular complexity index is 1120. The second-order valence-corrected chi connectivity index (χ2v) is 7.56. The predicted octanol–water partition coefficient (Wildman–Crippen LogP) is 5.76. The maximum absolute atomic E-state index is 12.8. The number of nitro benzene ring substituents is 1. The summed E-state index contributed by atoms with van der Waals surface area (Å²) in [6.45, 7) is 0. The summed E-state index contributed by atoms with van der Waals surface area (Å²) in [6.07, 6.45) is -0.465. The molecule has 32 heavy (non-hydrogen) atoms. The second kappa shape index (κ2) is 10.7. The maximum Gasteiger partial charge on any atom is 0.270 e. The molecule has 3 aromatic rings. The lowest BCUT2D eigenvalue weighted by atomic mass is 10.0. The number of carbonyl (C=O) groups is 2. The Labute approximate surface area is 194 Å². The van der Waals surface area contributed by atoms with Crippen LogP contribution in [0.4, 0.5) is 11.4 Å². The van der Waals surface area contributed by atoms with Crippen LogP contribution < -0.4 is 10.1 Å². The molecule has 7 nitrogen and oxygen atoms in total. The minimum Gasteiger partial charge on any atom is -0.482 e. The van der Waals surface area contributed by atoms with E-state index in [0.717, 1.165) is 0 Å². The third-order valence-corrected chi connectivity index (χ3v) is 4.97. The number of halogens is 2. The van der Waals surface area contributed by atoms with Crippen molar-refractivity contribution >= 4 is 46.3 Å². The van der Waals surface area contributed by atoms with Crippen molar-refractivity contribution in [2.45, 2.75) is 12.5 Å². The van der Waals surface area contributed by atoms with Crippen LogP contribution in [0.25, 0.3) is 0 Å². The smallest absolute Gasteiger partial charge is 0.270 e. The summed E-state index contributed by atoms with van der Waals surface area (Å²) in [5, 5.41) is 14.1. The van der Waals surface area contributed by atoms with Crippen LogP contribution in [-0.2, 0) is 0 Å². The van der Waals surface area contributed by atoms with Gasteiger partial charge < -0.3 is 10.1 Å². The van der Waals surface area contributed by atoms with Crippen LogP contribution in [0, 0.1) is 10.1 Å². The summed E-state index contributed by atoms with van der Waals surface area (Å²) < 4.78 is 5.83. The van der Waals surface area contributed by atoms with Gasteiger partial charge in [0.25, 0.3) is 11.6 Å². The maximum atomic E-state index is 12.8. The van der Waals surface area contributed by atoms with Crippen molar-refractivity contribution in [3.05, 3.63) is 99.1 Å². The van der Waals surface area contributed by atoms with Crippen molar-refractivity contribution < 1.29 is 19.2 Å². The SMILES string of the molecule is O=C(Nc1ccc(OC(CCCl)C(=O)c2ccc(Cl)cc2)cc1)c1cccc([N+](=O)[O-])c1. The highest BCUT2D eigenvalue weighted by Gasteiger charge is 2.22. The van der Waals surface area contributed by atoms with Gasteiger partial charge in [0.15, 0.2) is 6.10 Å². The van der Waals surface area contributed by atoms with Crippen LogP contribution >= 0.6 is 23.2 Å². The van der Waals surface area contributed by atoms with Gasteiger partial charge in [-0.05, 0) is 54.6 Å². The fourth-order valence-electron chi connectivity index (χ4n) is 2.89. The van der Waals surface area contributed by atoms with E-state index in [9.17, 15) is 19.7 Å². The monoisotopic (exact) mass is 472 g/mol. The Balaban J connectivity index is 1.67. The van der Waals surface area contributed by atoms with Crippen molar-refractivity contribution in [3.63, 3.8) is 0 Å². The summed E-state index contributed by atoms with van der Waals surface area (Å²) >= 11 is 11.7. The van der Waals surface area contributed by atoms with Gasteiger partial charge in [0.1, 0.15) is 5.75 Å². The molecule has 0 saturated carbocycles. The molecule has 0 aliphatic rings. The molecule has 0 aliphatic carbocycles. The molecule has 164 valence electrons. The fraction of sp³-hybridized carbons (Fsp3) is 0.130. The van der Waals surface area contributed by atoms with E-state index < -0.39 is 16.9 Å². The highest BCUT2D eigenvalue weighted by Crippen LogP contribution is 2.22. The molecule has 0 spiro atoms. The first-order chi connectivity index (χ1) is 15.4. The number of carbonyl (C=O) groups excluding carboxylic acids is 2. The lowest BCUT2D eigenvalue weighted by molar-refractivity contribution is -0.384. The highest BCUT2D eigenvalue weighted by atomic mass is 35.5. The van der Waals surface area contributed by atoms with Gasteiger partial charge in [-0.15, -0.1) is 11.6 Å². The largest absolute Gasteiger partial charge is 0.482 e. The fourth-order valence-corrected chi connectivity index (χ4v) is 3.21. The van der Waals surface area contributed by atoms with E-state index in [2.05, 4.69) is 5.32 Å². The third kappa shape index (κ3) is 6.06. The first-order valence-electron chi connectivity index (χ1n) is 9.55. The van der Waals surface area contributed by atoms with Crippen LogP contribution in [0.15, 0.2) is 72.8 Å². The number of hydrogen-bond acceptors (Lipinski definition) is 5. The number of non-ortho nitro benzene ring substituents is 1. The Morgan fingerprint density at radius 2 is 1.69 bits per heavy atom. The Kier molecular flexibility index (Phi) is 7.81. The quantitative estimate of drug-likeness (QED) is 0.184. The zero-order chi connectivity index (χ0) is 23.1. The summed E-state index contributed by atoms with van der Waals surface area (Å²) in [7, 11) is 0. The minimum absolute atomic E-state index is 0.162. The van der Waals surface area contributed by atoms with Gasteiger partial charge in [0.2, 0.25) is 5.78 Å². The molecule has 3 rings (SSSR count). The van der Waals surface area contributed by atoms with Crippen molar-refractivity contribution in [3.8, 4) is 5.75 Å². The summed E-state index contributed by atoms with van der Waals surface area (Å²) in [5.74, 6) is -0.0390. The molecular weight excluding hydrogens is 455 g/mol. The van der Waals surface area contributed by atoms with E-state index in [-0.39, 0.29) is 22.9 Å². The molecule has 1 atom stereocenters. The summed E-state index contributed by atoms with van der Waals surface area (Å²) in [6, 6.07) is 18.4. The number of amides is 1. The van der Waals surface area contributed by atoms with Crippen molar-refractivity contribution in [1.29, 1.82) is 0 Å². The molecule has 0 saturated heterocycles. The van der Waals surface area contributed by atoms with Crippen LogP contribution in [0.1, 0.15) is 27.1 Å². The average Bonchev–Trinajstić information content (AvgIpc) is 2.80. The number of nitro groups is 1. The second-order valence-electron chi connectivity index (χ2n) is 6.74. The number of rotatable bonds is 9. The molecule has 1 N–H and O–H groups in total. The van der Waals surface area contributed by atoms with Crippen LogP contribution in [0.5, 0.6) is 5.75 Å².